The second-order valence-electron chi connectivity index (χ2n) is 12.1. The number of aryl methyl sites for hydroxylation is 1. The molecule has 0 bridgehead atoms. The van der Waals surface area contributed by atoms with Gasteiger partial charge in [0.2, 0.25) is 5.95 Å². The van der Waals surface area contributed by atoms with Gasteiger partial charge in [0.05, 0.1) is 37.1 Å². The summed E-state index contributed by atoms with van der Waals surface area (Å²) in [6.07, 6.45) is 5.75. The van der Waals surface area contributed by atoms with Crippen LogP contribution in [0, 0.1) is 17.6 Å². The number of ether oxygens (including phenoxy) is 2. The first kappa shape index (κ1) is 31.2. The number of anilines is 4. The SMILES string of the molecule is COc1cc(N2CCC(N3CC(OC)C3)CC2)c(-c2cn(C)nc2F)cc1Nc1cc(N2OCC[C@@H]2c2cccc(F)c2F)ncn1. The van der Waals surface area contributed by atoms with Gasteiger partial charge in [-0.15, -0.1) is 5.10 Å². The molecule has 248 valence electrons. The van der Waals surface area contributed by atoms with Gasteiger partial charge in [-0.3, -0.25) is 14.4 Å². The Hall–Kier alpha value is -4.40. The zero-order valence-corrected chi connectivity index (χ0v) is 26.5. The molecule has 3 saturated heterocycles. The first-order chi connectivity index (χ1) is 22.8. The summed E-state index contributed by atoms with van der Waals surface area (Å²) in [6.45, 7) is 3.84. The normalized spacial score (nSPS) is 19.3. The van der Waals surface area contributed by atoms with E-state index in [9.17, 15) is 8.78 Å². The smallest absolute Gasteiger partial charge is 0.240 e. The maximum Gasteiger partial charge on any atom is 0.240 e. The summed E-state index contributed by atoms with van der Waals surface area (Å²) in [7, 11) is 5.03. The van der Waals surface area contributed by atoms with Crippen molar-refractivity contribution in [1.82, 2.24) is 24.6 Å². The van der Waals surface area contributed by atoms with Gasteiger partial charge in [-0.05, 0) is 25.0 Å². The maximum atomic E-state index is 15.2. The van der Waals surface area contributed by atoms with Crippen LogP contribution in [0.15, 0.2) is 48.9 Å². The Bertz CT molecular complexity index is 1740. The van der Waals surface area contributed by atoms with Gasteiger partial charge in [0.25, 0.3) is 0 Å². The number of methoxy groups -OCH3 is 2. The van der Waals surface area contributed by atoms with E-state index in [0.29, 0.717) is 59.4 Å². The largest absolute Gasteiger partial charge is 0.494 e. The minimum atomic E-state index is -0.920. The van der Waals surface area contributed by atoms with Gasteiger partial charge in [0.15, 0.2) is 17.5 Å². The monoisotopic (exact) mass is 650 g/mol. The topological polar surface area (TPSA) is 93.0 Å². The Balaban J connectivity index is 1.17. The van der Waals surface area contributed by atoms with Crippen LogP contribution in [-0.4, -0.2) is 83.8 Å². The summed E-state index contributed by atoms with van der Waals surface area (Å²) >= 11 is 0. The molecule has 0 spiro atoms. The highest BCUT2D eigenvalue weighted by Crippen LogP contribution is 2.43. The second kappa shape index (κ2) is 13.0. The van der Waals surface area contributed by atoms with Crippen molar-refractivity contribution in [3.8, 4) is 16.9 Å². The fraction of sp³-hybridized carbons (Fsp3) is 0.424. The van der Waals surface area contributed by atoms with Crippen LogP contribution in [0.2, 0.25) is 0 Å². The standard InChI is InChI=1S/C33H37F3N8O3/c1-41-18-24(33(36)40-41)23-13-26(29(46-3)14-28(23)42-10-7-20(8-11-42)43-16-21(17-43)45-2)39-30-15-31(38-19-37-30)44-27(9-12-47-44)22-5-4-6-25(34)32(22)35/h4-6,13-15,18-21,27H,7-12,16-17H2,1-3H3,(H,37,38,39)/t27-/m1/s1. The summed E-state index contributed by atoms with van der Waals surface area (Å²) in [4.78, 5) is 19.3. The highest BCUT2D eigenvalue weighted by Gasteiger charge is 2.35. The first-order valence-corrected chi connectivity index (χ1v) is 15.7. The lowest BCUT2D eigenvalue weighted by atomic mass is 9.96. The van der Waals surface area contributed by atoms with Crippen LogP contribution in [0.3, 0.4) is 0 Å². The lowest BCUT2D eigenvalue weighted by Crippen LogP contribution is -2.58. The van der Waals surface area contributed by atoms with Crippen molar-refractivity contribution in [2.75, 3.05) is 62.3 Å². The zero-order chi connectivity index (χ0) is 32.7. The molecule has 0 saturated carbocycles. The third-order valence-electron chi connectivity index (χ3n) is 9.31. The van der Waals surface area contributed by atoms with Crippen molar-refractivity contribution in [1.29, 1.82) is 0 Å². The molecule has 2 aromatic carbocycles. The summed E-state index contributed by atoms with van der Waals surface area (Å²) in [6, 6.07) is 9.44. The number of rotatable bonds is 9. The summed E-state index contributed by atoms with van der Waals surface area (Å²) in [5.74, 6) is -1.10. The second-order valence-corrected chi connectivity index (χ2v) is 12.1. The predicted octanol–water partition coefficient (Wildman–Crippen LogP) is 5.23. The molecule has 3 aliphatic rings. The molecule has 1 atom stereocenters. The fourth-order valence-electron chi connectivity index (χ4n) is 6.77. The van der Waals surface area contributed by atoms with E-state index in [-0.39, 0.29) is 5.56 Å². The molecule has 7 rings (SSSR count). The molecule has 3 fully saturated rings. The highest BCUT2D eigenvalue weighted by atomic mass is 19.2. The minimum Gasteiger partial charge on any atom is -0.494 e. The van der Waals surface area contributed by atoms with E-state index in [0.717, 1.165) is 50.8 Å². The van der Waals surface area contributed by atoms with Gasteiger partial charge >= 0.3 is 0 Å². The number of hydrogen-bond donors (Lipinski definition) is 1. The Morgan fingerprint density at radius 3 is 2.51 bits per heavy atom. The summed E-state index contributed by atoms with van der Waals surface area (Å²) < 4.78 is 56.7. The molecule has 3 aliphatic heterocycles. The molecular formula is C33H37F3N8O3. The van der Waals surface area contributed by atoms with Gasteiger partial charge in [-0.1, -0.05) is 12.1 Å². The number of halogens is 3. The molecule has 14 heteroatoms. The minimum absolute atomic E-state index is 0.184. The zero-order valence-electron chi connectivity index (χ0n) is 26.5. The quantitative estimate of drug-likeness (QED) is 0.260. The fourth-order valence-corrected chi connectivity index (χ4v) is 6.77. The van der Waals surface area contributed by atoms with Crippen LogP contribution >= 0.6 is 0 Å². The summed E-state index contributed by atoms with van der Waals surface area (Å²) in [5, 5.41) is 8.74. The average molecular weight is 651 g/mol. The molecule has 47 heavy (non-hydrogen) atoms. The van der Waals surface area contributed by atoms with E-state index in [1.165, 1.54) is 22.1 Å². The molecule has 0 unspecified atom stereocenters. The maximum absolute atomic E-state index is 15.2. The van der Waals surface area contributed by atoms with Crippen molar-refractivity contribution in [3.63, 3.8) is 0 Å². The number of nitrogens with zero attached hydrogens (tertiary/aromatic N) is 7. The molecule has 1 N–H and O–H groups in total. The Morgan fingerprint density at radius 2 is 1.79 bits per heavy atom. The van der Waals surface area contributed by atoms with Crippen molar-refractivity contribution >= 4 is 23.0 Å². The van der Waals surface area contributed by atoms with Crippen molar-refractivity contribution in [2.24, 2.45) is 7.05 Å². The molecule has 0 amide bonds. The van der Waals surface area contributed by atoms with Crippen LogP contribution in [0.25, 0.3) is 11.1 Å². The highest BCUT2D eigenvalue weighted by molar-refractivity contribution is 5.86. The van der Waals surface area contributed by atoms with E-state index < -0.39 is 23.6 Å². The Labute approximate surface area is 270 Å². The van der Waals surface area contributed by atoms with E-state index in [2.05, 4.69) is 30.2 Å². The predicted molar refractivity (Wildman–Crippen MR) is 170 cm³/mol. The van der Waals surface area contributed by atoms with Gasteiger partial charge in [0.1, 0.15) is 17.9 Å². The number of nitrogens with one attached hydrogen (secondary N) is 1. The lowest BCUT2D eigenvalue weighted by Gasteiger charge is -2.47. The number of piperidine rings is 1. The first-order valence-electron chi connectivity index (χ1n) is 15.7. The number of likely N-dealkylation sites (tertiary alicyclic amines) is 1. The number of benzene rings is 2. The Kier molecular flexibility index (Phi) is 8.64. The lowest BCUT2D eigenvalue weighted by molar-refractivity contribution is -0.0546. The van der Waals surface area contributed by atoms with Crippen LogP contribution in [0.4, 0.5) is 36.2 Å². The van der Waals surface area contributed by atoms with Crippen molar-refractivity contribution < 1.29 is 27.5 Å². The molecule has 0 radical (unpaired) electrons. The Morgan fingerprint density at radius 1 is 0.979 bits per heavy atom. The number of aromatic nitrogens is 4. The third kappa shape index (κ3) is 6.08. The number of hydrogen-bond acceptors (Lipinski definition) is 10. The average Bonchev–Trinajstić information content (AvgIpc) is 3.68. The molecule has 2 aromatic heterocycles. The van der Waals surface area contributed by atoms with Crippen molar-refractivity contribution in [2.45, 2.75) is 37.5 Å². The molecule has 5 heterocycles. The number of hydroxylamine groups is 1. The van der Waals surface area contributed by atoms with E-state index in [1.54, 1.807) is 39.6 Å². The molecule has 0 aliphatic carbocycles. The third-order valence-corrected chi connectivity index (χ3v) is 9.31. The van der Waals surface area contributed by atoms with E-state index >= 15 is 4.39 Å². The molecular weight excluding hydrogens is 613 g/mol. The molecule has 4 aromatic rings. The van der Waals surface area contributed by atoms with Crippen LogP contribution in [-0.2, 0) is 16.6 Å². The van der Waals surface area contributed by atoms with E-state index in [4.69, 9.17) is 14.3 Å². The van der Waals surface area contributed by atoms with Crippen molar-refractivity contribution in [3.05, 3.63) is 72.1 Å². The summed E-state index contributed by atoms with van der Waals surface area (Å²) in [5.41, 5.74) is 2.62. The van der Waals surface area contributed by atoms with Gasteiger partial charge in [0, 0.05) is 87.9 Å². The van der Waals surface area contributed by atoms with Gasteiger partial charge < -0.3 is 19.7 Å². The van der Waals surface area contributed by atoms with Crippen LogP contribution in [0.5, 0.6) is 5.75 Å². The van der Waals surface area contributed by atoms with Gasteiger partial charge in [-0.2, -0.15) is 4.39 Å². The van der Waals surface area contributed by atoms with E-state index in [1.807, 2.05) is 12.1 Å². The van der Waals surface area contributed by atoms with Crippen LogP contribution in [0.1, 0.15) is 30.9 Å². The van der Waals surface area contributed by atoms with Gasteiger partial charge in [-0.25, -0.2) is 23.8 Å². The molecule has 11 nitrogen and oxygen atoms in total. The van der Waals surface area contributed by atoms with Crippen LogP contribution < -0.4 is 20.0 Å².